The molecule has 0 radical (unpaired) electrons. The van der Waals surface area contributed by atoms with E-state index in [0.717, 1.165) is 30.9 Å². The van der Waals surface area contributed by atoms with E-state index in [4.69, 9.17) is 9.47 Å². The van der Waals surface area contributed by atoms with Crippen LogP contribution in [0.25, 0.3) is 0 Å². The third-order valence-electron chi connectivity index (χ3n) is 6.77. The zero-order valence-corrected chi connectivity index (χ0v) is 22.3. The Balaban J connectivity index is 1.56. The molecule has 1 aliphatic heterocycles. The molecule has 0 bridgehead atoms. The van der Waals surface area contributed by atoms with Crippen molar-refractivity contribution in [3.05, 3.63) is 54.1 Å². The molecular weight excluding hydrogens is 450 g/mol. The number of carbonyl (C=O) groups is 1. The van der Waals surface area contributed by atoms with Gasteiger partial charge in [-0.1, -0.05) is 76.8 Å². The van der Waals surface area contributed by atoms with E-state index in [1.807, 2.05) is 53.4 Å². The van der Waals surface area contributed by atoms with E-state index in [1.165, 1.54) is 57.8 Å². The van der Waals surface area contributed by atoms with Crippen molar-refractivity contribution in [1.29, 1.82) is 0 Å². The number of amides is 1. The number of anilines is 1. The van der Waals surface area contributed by atoms with Crippen LogP contribution in [0.1, 0.15) is 81.5 Å². The molecular formula is C30H45N3O3. The van der Waals surface area contributed by atoms with Gasteiger partial charge in [-0.2, -0.15) is 0 Å². The molecule has 1 fully saturated rings. The van der Waals surface area contributed by atoms with Crippen LogP contribution in [0.3, 0.4) is 0 Å². The van der Waals surface area contributed by atoms with Crippen LogP contribution >= 0.6 is 0 Å². The summed E-state index contributed by atoms with van der Waals surface area (Å²) < 4.78 is 11.4. The average molecular weight is 496 g/mol. The highest BCUT2D eigenvalue weighted by Gasteiger charge is 2.29. The van der Waals surface area contributed by atoms with Gasteiger partial charge in [0.1, 0.15) is 17.7 Å². The minimum absolute atomic E-state index is 0.0694. The van der Waals surface area contributed by atoms with Gasteiger partial charge in [0, 0.05) is 25.3 Å². The molecule has 1 atom stereocenters. The van der Waals surface area contributed by atoms with E-state index < -0.39 is 0 Å². The Bertz CT molecular complexity index is 881. The molecule has 1 unspecified atom stereocenters. The minimum atomic E-state index is -0.144. The first kappa shape index (κ1) is 28.0. The summed E-state index contributed by atoms with van der Waals surface area (Å²) in [4.78, 5) is 15.7. The van der Waals surface area contributed by atoms with Gasteiger partial charge in [0.25, 0.3) is 5.91 Å². The molecule has 0 aliphatic carbocycles. The first-order valence-electron chi connectivity index (χ1n) is 13.9. The number of nitrogens with one attached hydrogen (secondary N) is 2. The smallest absolute Gasteiger partial charge is 0.263 e. The number of methoxy groups -OCH3 is 1. The van der Waals surface area contributed by atoms with Gasteiger partial charge in [0.15, 0.2) is 0 Å². The summed E-state index contributed by atoms with van der Waals surface area (Å²) in [5.41, 5.74) is 1.42. The Morgan fingerprint density at radius 3 is 2.19 bits per heavy atom. The Hall–Kier alpha value is -2.57. The van der Waals surface area contributed by atoms with Crippen LogP contribution in [0.5, 0.6) is 11.5 Å². The average Bonchev–Trinajstić information content (AvgIpc) is 2.93. The van der Waals surface area contributed by atoms with E-state index in [1.54, 1.807) is 7.11 Å². The summed E-state index contributed by atoms with van der Waals surface area (Å²) >= 11 is 0. The summed E-state index contributed by atoms with van der Waals surface area (Å²) in [6, 6.07) is 15.2. The summed E-state index contributed by atoms with van der Waals surface area (Å²) in [6.45, 7) is 5.27. The van der Waals surface area contributed by atoms with Gasteiger partial charge < -0.3 is 14.8 Å². The van der Waals surface area contributed by atoms with Crippen LogP contribution in [0.2, 0.25) is 0 Å². The van der Waals surface area contributed by atoms with Crippen LogP contribution in [0.15, 0.2) is 48.5 Å². The number of unbranched alkanes of at least 4 members (excludes halogenated alkanes) is 9. The number of hydrogen-bond acceptors (Lipinski definition) is 5. The van der Waals surface area contributed by atoms with E-state index >= 15 is 0 Å². The monoisotopic (exact) mass is 495 g/mol. The lowest BCUT2D eigenvalue weighted by Crippen LogP contribution is -2.59. The summed E-state index contributed by atoms with van der Waals surface area (Å²) in [6.07, 6.45) is 12.7. The lowest BCUT2D eigenvalue weighted by Gasteiger charge is -2.36. The van der Waals surface area contributed by atoms with E-state index in [9.17, 15) is 4.79 Å². The standard InChI is InChI=1S/C30H45N3O3/c1-3-4-5-6-7-8-9-10-11-14-23-36-28-16-13-12-15-27(28)30(34)33(29-24-31-21-22-32-29)25-17-19-26(35-2)20-18-25/h12-13,15-20,29,31-32H,3-11,14,21-24H2,1-2H3. The molecule has 2 aromatic rings. The maximum Gasteiger partial charge on any atom is 0.263 e. The fourth-order valence-corrected chi connectivity index (χ4v) is 4.67. The van der Waals surface area contributed by atoms with Gasteiger partial charge in [0.2, 0.25) is 0 Å². The molecule has 1 saturated heterocycles. The quantitative estimate of drug-likeness (QED) is 0.273. The molecule has 0 spiro atoms. The molecule has 0 saturated carbocycles. The van der Waals surface area contributed by atoms with Crippen LogP contribution < -0.4 is 25.0 Å². The summed E-state index contributed by atoms with van der Waals surface area (Å²) in [5.74, 6) is 1.35. The molecule has 1 amide bonds. The molecule has 6 heteroatoms. The zero-order chi connectivity index (χ0) is 25.4. The molecule has 1 heterocycles. The van der Waals surface area contributed by atoms with Crippen LogP contribution in [0, 0.1) is 0 Å². The van der Waals surface area contributed by atoms with Gasteiger partial charge in [-0.15, -0.1) is 0 Å². The highest BCUT2D eigenvalue weighted by atomic mass is 16.5. The van der Waals surface area contributed by atoms with Crippen molar-refractivity contribution >= 4 is 11.6 Å². The highest BCUT2D eigenvalue weighted by molar-refractivity contribution is 6.08. The lowest BCUT2D eigenvalue weighted by molar-refractivity contribution is 0.0964. The molecule has 2 aromatic carbocycles. The van der Waals surface area contributed by atoms with Crippen molar-refractivity contribution in [3.63, 3.8) is 0 Å². The molecule has 198 valence electrons. The molecule has 3 rings (SSSR count). The number of rotatable bonds is 16. The van der Waals surface area contributed by atoms with Crippen LogP contribution in [-0.4, -0.2) is 45.4 Å². The molecule has 36 heavy (non-hydrogen) atoms. The third-order valence-corrected chi connectivity index (χ3v) is 6.77. The van der Waals surface area contributed by atoms with E-state index in [2.05, 4.69) is 17.6 Å². The molecule has 6 nitrogen and oxygen atoms in total. The van der Waals surface area contributed by atoms with Gasteiger partial charge in [-0.25, -0.2) is 0 Å². The fourth-order valence-electron chi connectivity index (χ4n) is 4.67. The second-order valence-corrected chi connectivity index (χ2v) is 9.57. The van der Waals surface area contributed by atoms with Gasteiger partial charge in [-0.05, 0) is 42.8 Å². The highest BCUT2D eigenvalue weighted by Crippen LogP contribution is 2.27. The first-order valence-corrected chi connectivity index (χ1v) is 13.9. The minimum Gasteiger partial charge on any atom is -0.497 e. The van der Waals surface area contributed by atoms with Crippen molar-refractivity contribution in [1.82, 2.24) is 10.6 Å². The first-order chi connectivity index (χ1) is 17.7. The SMILES string of the molecule is CCCCCCCCCCCCOc1ccccc1C(=O)N(c1ccc(OC)cc1)C1CNCCN1. The molecule has 1 aliphatic rings. The number of ether oxygens (including phenoxy) is 2. The van der Waals surface area contributed by atoms with Gasteiger partial charge in [-0.3, -0.25) is 15.0 Å². The van der Waals surface area contributed by atoms with E-state index in [0.29, 0.717) is 24.5 Å². The Morgan fingerprint density at radius 2 is 1.56 bits per heavy atom. The topological polar surface area (TPSA) is 62.8 Å². The Labute approximate surface area is 217 Å². The number of benzene rings is 2. The van der Waals surface area contributed by atoms with Gasteiger partial charge in [0.05, 0.1) is 19.3 Å². The number of piperazine rings is 1. The third kappa shape index (κ3) is 8.82. The maximum absolute atomic E-state index is 13.9. The zero-order valence-electron chi connectivity index (χ0n) is 22.3. The molecule has 0 aromatic heterocycles. The summed E-state index contributed by atoms with van der Waals surface area (Å²) in [5, 5.41) is 6.87. The Morgan fingerprint density at radius 1 is 0.889 bits per heavy atom. The summed E-state index contributed by atoms with van der Waals surface area (Å²) in [7, 11) is 1.65. The number of para-hydroxylation sites is 1. The van der Waals surface area contributed by atoms with Crippen LogP contribution in [0.4, 0.5) is 5.69 Å². The largest absolute Gasteiger partial charge is 0.497 e. The van der Waals surface area contributed by atoms with Crippen molar-refractivity contribution in [2.75, 3.05) is 38.3 Å². The second kappa shape index (κ2) is 16.2. The van der Waals surface area contributed by atoms with Crippen molar-refractivity contribution < 1.29 is 14.3 Å². The predicted molar refractivity (Wildman–Crippen MR) is 148 cm³/mol. The fraction of sp³-hybridized carbons (Fsp3) is 0.567. The maximum atomic E-state index is 13.9. The Kier molecular flexibility index (Phi) is 12.6. The van der Waals surface area contributed by atoms with Crippen molar-refractivity contribution in [2.24, 2.45) is 0 Å². The van der Waals surface area contributed by atoms with Crippen molar-refractivity contribution in [2.45, 2.75) is 77.3 Å². The number of carbonyl (C=O) groups excluding carboxylic acids is 1. The number of nitrogens with zero attached hydrogens (tertiary/aromatic N) is 1. The van der Waals surface area contributed by atoms with E-state index in [-0.39, 0.29) is 12.1 Å². The predicted octanol–water partition coefficient (Wildman–Crippen LogP) is 6.16. The second-order valence-electron chi connectivity index (χ2n) is 9.57. The van der Waals surface area contributed by atoms with Crippen LogP contribution in [-0.2, 0) is 0 Å². The van der Waals surface area contributed by atoms with Gasteiger partial charge >= 0.3 is 0 Å². The normalized spacial score (nSPS) is 15.4. The number of hydrogen-bond donors (Lipinski definition) is 2. The van der Waals surface area contributed by atoms with Crippen molar-refractivity contribution in [3.8, 4) is 11.5 Å². The lowest BCUT2D eigenvalue weighted by atomic mass is 10.1. The molecule has 2 N–H and O–H groups in total.